The highest BCUT2D eigenvalue weighted by atomic mass is 16.5. The van der Waals surface area contributed by atoms with E-state index in [2.05, 4.69) is 182 Å². The topological polar surface area (TPSA) is 12.5 Å². The summed E-state index contributed by atoms with van der Waals surface area (Å²) in [7, 11) is 0. The predicted molar refractivity (Wildman–Crippen MR) is 211 cm³/mol. The molecule has 6 aromatic rings. The van der Waals surface area contributed by atoms with Gasteiger partial charge in [-0.3, -0.25) is 0 Å². The molecule has 0 unspecified atom stereocenters. The second-order valence-electron chi connectivity index (χ2n) is 17.1. The van der Waals surface area contributed by atoms with Crippen molar-refractivity contribution >= 4 is 50.9 Å². The minimum absolute atomic E-state index is 0.00139. The molecular weight excluding hydrogens is 593 g/mol. The molecule has 0 atom stereocenters. The van der Waals surface area contributed by atoms with Crippen LogP contribution in [0.5, 0.6) is 11.5 Å². The van der Waals surface area contributed by atoms with Gasteiger partial charge in [0.05, 0.1) is 5.69 Å². The van der Waals surface area contributed by atoms with Gasteiger partial charge in [-0.1, -0.05) is 141 Å². The van der Waals surface area contributed by atoms with Crippen LogP contribution in [0.4, 0.5) is 17.1 Å². The zero-order valence-electron chi connectivity index (χ0n) is 30.4. The highest BCUT2D eigenvalue weighted by Crippen LogP contribution is 2.47. The van der Waals surface area contributed by atoms with Gasteiger partial charge in [0.1, 0.15) is 11.5 Å². The van der Waals surface area contributed by atoms with E-state index in [0.717, 1.165) is 11.5 Å². The lowest BCUT2D eigenvalue weighted by Crippen LogP contribution is -2.59. The highest BCUT2D eigenvalue weighted by Gasteiger charge is 2.43. The Hall–Kier alpha value is -4.76. The fraction of sp³-hybridized carbons (Fsp3) is 0.261. The summed E-state index contributed by atoms with van der Waals surface area (Å²) in [5, 5.41) is 2.51. The van der Waals surface area contributed by atoms with Crippen molar-refractivity contribution < 1.29 is 4.74 Å². The highest BCUT2D eigenvalue weighted by molar-refractivity contribution is 6.99. The van der Waals surface area contributed by atoms with E-state index in [4.69, 9.17) is 4.74 Å². The van der Waals surface area contributed by atoms with Crippen LogP contribution in [0.1, 0.15) is 79.0 Å². The molecule has 0 saturated carbocycles. The maximum Gasteiger partial charge on any atom is 0.256 e. The van der Waals surface area contributed by atoms with Crippen LogP contribution in [0.15, 0.2) is 115 Å². The molecule has 0 saturated heterocycles. The van der Waals surface area contributed by atoms with E-state index in [-0.39, 0.29) is 23.0 Å². The van der Waals surface area contributed by atoms with Gasteiger partial charge in [-0.2, -0.15) is 0 Å². The van der Waals surface area contributed by atoms with E-state index in [1.54, 1.807) is 0 Å². The quantitative estimate of drug-likeness (QED) is 0.175. The number of hydrogen-bond donors (Lipinski definition) is 0. The molecule has 2 heterocycles. The van der Waals surface area contributed by atoms with Crippen LogP contribution in [0.3, 0.4) is 0 Å². The first kappa shape index (κ1) is 31.5. The molecule has 0 bridgehead atoms. The number of nitrogens with zero attached hydrogens (tertiary/aromatic N) is 1. The Balaban J connectivity index is 1.45. The summed E-state index contributed by atoms with van der Waals surface area (Å²) in [5.74, 6) is 1.89. The number of fused-ring (bicyclic) bond motifs is 5. The average molecular weight is 640 g/mol. The van der Waals surface area contributed by atoms with Crippen LogP contribution >= 0.6 is 0 Å². The minimum atomic E-state index is -0.00139. The summed E-state index contributed by atoms with van der Waals surface area (Å²) >= 11 is 0. The van der Waals surface area contributed by atoms with E-state index < -0.39 is 0 Å². The SMILES string of the molecule is CC(C)(C)c1ccc2c(c1)B1c3cc(C(C)(C)C)ccc3N(c3ccc(C(C)(C)C)cc3-c3cccc4ccccc34)c3cccc(c31)O2. The van der Waals surface area contributed by atoms with E-state index in [1.807, 2.05) is 0 Å². The molecule has 0 N–H and O–H groups in total. The van der Waals surface area contributed by atoms with E-state index in [1.165, 1.54) is 72.0 Å². The standard InChI is InChI=1S/C46H46BNO/c1-44(2,3)30-20-23-38(35(26-30)34-17-12-15-29-14-10-11-16-33(29)34)48-39-24-21-31(45(4,5)6)27-36(39)47-37-28-32(46(7,8)9)22-25-41(37)49-42-19-13-18-40(48)43(42)47/h10-28H,1-9H3. The summed E-state index contributed by atoms with van der Waals surface area (Å²) in [5.41, 5.74) is 13.9. The smallest absolute Gasteiger partial charge is 0.256 e. The van der Waals surface area contributed by atoms with Crippen molar-refractivity contribution in [3.63, 3.8) is 0 Å². The van der Waals surface area contributed by atoms with Gasteiger partial charge in [0, 0.05) is 16.9 Å². The van der Waals surface area contributed by atoms with Gasteiger partial charge in [-0.05, 0) is 102 Å². The maximum atomic E-state index is 6.80. The molecule has 3 heteroatoms. The number of ether oxygens (including phenoxy) is 1. The lowest BCUT2D eigenvalue weighted by Gasteiger charge is -2.41. The van der Waals surface area contributed by atoms with Gasteiger partial charge in [0.25, 0.3) is 6.71 Å². The number of rotatable bonds is 2. The van der Waals surface area contributed by atoms with Crippen molar-refractivity contribution in [2.24, 2.45) is 0 Å². The first-order valence-corrected chi connectivity index (χ1v) is 17.7. The average Bonchev–Trinajstić information content (AvgIpc) is 3.06. The zero-order valence-corrected chi connectivity index (χ0v) is 30.4. The summed E-state index contributed by atoms with van der Waals surface area (Å²) in [4.78, 5) is 2.52. The first-order chi connectivity index (χ1) is 23.2. The fourth-order valence-corrected chi connectivity index (χ4v) is 7.76. The predicted octanol–water partition coefficient (Wildman–Crippen LogP) is 10.8. The molecule has 6 aromatic carbocycles. The van der Waals surface area contributed by atoms with Gasteiger partial charge in [0.15, 0.2) is 0 Å². The summed E-state index contributed by atoms with van der Waals surface area (Å²) in [6, 6.07) is 43.2. The third kappa shape index (κ3) is 5.17. The number of anilines is 3. The molecule has 0 amide bonds. The second kappa shape index (κ2) is 10.9. The van der Waals surface area contributed by atoms with E-state index in [9.17, 15) is 0 Å². The Labute approximate surface area is 292 Å². The van der Waals surface area contributed by atoms with Gasteiger partial charge in [-0.15, -0.1) is 0 Å². The Morgan fingerprint density at radius 2 is 1.06 bits per heavy atom. The molecule has 0 aliphatic carbocycles. The third-order valence-electron chi connectivity index (χ3n) is 10.6. The van der Waals surface area contributed by atoms with Gasteiger partial charge in [-0.25, -0.2) is 0 Å². The van der Waals surface area contributed by atoms with Crippen molar-refractivity contribution in [2.75, 3.05) is 4.90 Å². The summed E-state index contributed by atoms with van der Waals surface area (Å²) in [6.45, 7) is 20.8. The fourth-order valence-electron chi connectivity index (χ4n) is 7.76. The lowest BCUT2D eigenvalue weighted by molar-refractivity contribution is 0.486. The van der Waals surface area contributed by atoms with Gasteiger partial charge < -0.3 is 9.64 Å². The lowest BCUT2D eigenvalue weighted by atomic mass is 9.34. The normalized spacial score (nSPS) is 13.9. The third-order valence-corrected chi connectivity index (χ3v) is 10.6. The molecule has 244 valence electrons. The van der Waals surface area contributed by atoms with E-state index >= 15 is 0 Å². The molecule has 0 radical (unpaired) electrons. The van der Waals surface area contributed by atoms with Crippen LogP contribution < -0.4 is 26.0 Å². The molecule has 2 aliphatic rings. The first-order valence-electron chi connectivity index (χ1n) is 17.7. The summed E-state index contributed by atoms with van der Waals surface area (Å²) < 4.78 is 6.80. The Kier molecular flexibility index (Phi) is 6.99. The molecule has 2 nitrogen and oxygen atoms in total. The van der Waals surface area contributed by atoms with Crippen LogP contribution in [0, 0.1) is 0 Å². The second-order valence-corrected chi connectivity index (χ2v) is 17.1. The monoisotopic (exact) mass is 639 g/mol. The molecule has 2 aliphatic heterocycles. The van der Waals surface area contributed by atoms with Crippen LogP contribution in [0.25, 0.3) is 21.9 Å². The minimum Gasteiger partial charge on any atom is -0.458 e. The van der Waals surface area contributed by atoms with Crippen molar-refractivity contribution in [2.45, 2.75) is 78.6 Å². The Morgan fingerprint density at radius 1 is 0.469 bits per heavy atom. The van der Waals surface area contributed by atoms with Gasteiger partial charge in [0.2, 0.25) is 0 Å². The van der Waals surface area contributed by atoms with Crippen molar-refractivity contribution in [1.29, 1.82) is 0 Å². The Bertz CT molecular complexity index is 2270. The van der Waals surface area contributed by atoms with Gasteiger partial charge >= 0.3 is 0 Å². The Morgan fingerprint density at radius 3 is 1.78 bits per heavy atom. The number of hydrogen-bond acceptors (Lipinski definition) is 2. The van der Waals surface area contributed by atoms with Crippen molar-refractivity contribution in [3.8, 4) is 22.6 Å². The van der Waals surface area contributed by atoms with E-state index in [0.29, 0.717) is 0 Å². The van der Waals surface area contributed by atoms with Crippen LogP contribution in [0.2, 0.25) is 0 Å². The maximum absolute atomic E-state index is 6.80. The molecule has 0 fully saturated rings. The largest absolute Gasteiger partial charge is 0.458 e. The summed E-state index contributed by atoms with van der Waals surface area (Å²) in [6.07, 6.45) is 0. The molecular formula is C46H46BNO. The zero-order chi connectivity index (χ0) is 34.5. The number of benzene rings is 6. The molecule has 0 aromatic heterocycles. The van der Waals surface area contributed by atoms with Crippen LogP contribution in [-0.4, -0.2) is 6.71 Å². The van der Waals surface area contributed by atoms with Crippen molar-refractivity contribution in [1.82, 2.24) is 0 Å². The van der Waals surface area contributed by atoms with Crippen LogP contribution in [-0.2, 0) is 16.2 Å². The molecule has 0 spiro atoms. The molecule has 8 rings (SSSR count). The van der Waals surface area contributed by atoms with Crippen molar-refractivity contribution in [3.05, 3.63) is 132 Å². The molecule has 49 heavy (non-hydrogen) atoms.